The second kappa shape index (κ2) is 7.02. The van der Waals surface area contributed by atoms with Crippen LogP contribution in [0.4, 0.5) is 0 Å². The molecule has 1 aromatic rings. The van der Waals surface area contributed by atoms with Gasteiger partial charge < -0.3 is 9.88 Å². The van der Waals surface area contributed by atoms with Gasteiger partial charge >= 0.3 is 0 Å². The van der Waals surface area contributed by atoms with Crippen molar-refractivity contribution in [1.29, 1.82) is 5.26 Å². The van der Waals surface area contributed by atoms with Gasteiger partial charge in [-0.2, -0.15) is 5.26 Å². The molecule has 1 atom stereocenters. The Kier molecular flexibility index (Phi) is 5.49. The van der Waals surface area contributed by atoms with Crippen molar-refractivity contribution in [2.45, 2.75) is 38.8 Å². The first kappa shape index (κ1) is 11.7. The Hall–Kier alpha value is -1.34. The normalized spacial score (nSPS) is 12.3. The first-order chi connectivity index (χ1) is 7.33. The fourth-order valence-corrected chi connectivity index (χ4v) is 1.40. The van der Waals surface area contributed by atoms with Crippen molar-refractivity contribution in [3.8, 4) is 6.07 Å². The second-order valence-electron chi connectivity index (χ2n) is 3.73. The van der Waals surface area contributed by atoms with Crippen molar-refractivity contribution in [1.82, 2.24) is 14.9 Å². The average molecular weight is 206 g/mol. The summed E-state index contributed by atoms with van der Waals surface area (Å²) in [5, 5.41) is 11.8. The lowest BCUT2D eigenvalue weighted by Crippen LogP contribution is -2.26. The maximum atomic E-state index is 8.46. The van der Waals surface area contributed by atoms with E-state index in [0.717, 1.165) is 25.9 Å². The summed E-state index contributed by atoms with van der Waals surface area (Å²) in [6.45, 7) is 4.05. The number of hydrogen-bond donors (Lipinski definition) is 1. The van der Waals surface area contributed by atoms with E-state index in [1.165, 1.54) is 0 Å². The molecule has 1 rings (SSSR count). The van der Waals surface area contributed by atoms with Crippen molar-refractivity contribution in [2.75, 3.05) is 6.54 Å². The summed E-state index contributed by atoms with van der Waals surface area (Å²) in [7, 11) is 0. The lowest BCUT2D eigenvalue weighted by Gasteiger charge is -2.09. The van der Waals surface area contributed by atoms with Gasteiger partial charge in [0.2, 0.25) is 0 Å². The van der Waals surface area contributed by atoms with Crippen LogP contribution in [0.25, 0.3) is 0 Å². The van der Waals surface area contributed by atoms with Crippen molar-refractivity contribution in [3.63, 3.8) is 0 Å². The highest BCUT2D eigenvalue weighted by molar-refractivity contribution is 4.77. The minimum atomic E-state index is 0.309. The molecule has 4 nitrogen and oxygen atoms in total. The van der Waals surface area contributed by atoms with Gasteiger partial charge in [-0.25, -0.2) is 4.98 Å². The zero-order valence-electron chi connectivity index (χ0n) is 9.19. The van der Waals surface area contributed by atoms with Crippen molar-refractivity contribution < 1.29 is 0 Å². The molecule has 0 spiro atoms. The molecule has 0 aliphatic rings. The second-order valence-corrected chi connectivity index (χ2v) is 3.73. The summed E-state index contributed by atoms with van der Waals surface area (Å²) >= 11 is 0. The van der Waals surface area contributed by atoms with Crippen LogP contribution < -0.4 is 5.32 Å². The molecule has 82 valence electrons. The Bertz CT molecular complexity index is 286. The lowest BCUT2D eigenvalue weighted by molar-refractivity contribution is 0.515. The SMILES string of the molecule is CC(CC#N)NCCCCn1ccnc1. The molecule has 1 N–H and O–H groups in total. The first-order valence-corrected chi connectivity index (χ1v) is 5.39. The number of nitrogens with zero attached hydrogens (tertiary/aromatic N) is 3. The fraction of sp³-hybridized carbons (Fsp3) is 0.636. The number of imidazole rings is 1. The summed E-state index contributed by atoms with van der Waals surface area (Å²) < 4.78 is 2.08. The van der Waals surface area contributed by atoms with E-state index in [2.05, 4.69) is 20.9 Å². The monoisotopic (exact) mass is 206 g/mol. The molecule has 0 radical (unpaired) electrons. The Morgan fingerprint density at radius 2 is 2.40 bits per heavy atom. The van der Waals surface area contributed by atoms with E-state index in [0.29, 0.717) is 12.5 Å². The van der Waals surface area contributed by atoms with Gasteiger partial charge in [-0.05, 0) is 26.3 Å². The van der Waals surface area contributed by atoms with E-state index in [9.17, 15) is 0 Å². The van der Waals surface area contributed by atoms with Gasteiger partial charge in [0.05, 0.1) is 18.8 Å². The first-order valence-electron chi connectivity index (χ1n) is 5.39. The van der Waals surface area contributed by atoms with Crippen LogP contribution in [0.15, 0.2) is 18.7 Å². The molecule has 0 saturated heterocycles. The quantitative estimate of drug-likeness (QED) is 0.689. The van der Waals surface area contributed by atoms with Gasteiger partial charge in [0, 0.05) is 25.0 Å². The zero-order valence-corrected chi connectivity index (χ0v) is 9.19. The molecule has 4 heteroatoms. The largest absolute Gasteiger partial charge is 0.337 e. The summed E-state index contributed by atoms with van der Waals surface area (Å²) in [6, 6.07) is 2.46. The van der Waals surface area contributed by atoms with Crippen LogP contribution in [0.3, 0.4) is 0 Å². The Morgan fingerprint density at radius 3 is 3.07 bits per heavy atom. The van der Waals surface area contributed by atoms with Crippen LogP contribution >= 0.6 is 0 Å². The number of nitrogens with one attached hydrogen (secondary N) is 1. The topological polar surface area (TPSA) is 53.6 Å². The predicted octanol–water partition coefficient (Wildman–Crippen LogP) is 1.56. The van der Waals surface area contributed by atoms with E-state index in [4.69, 9.17) is 5.26 Å². The molecule has 15 heavy (non-hydrogen) atoms. The molecule has 1 aromatic heterocycles. The number of nitriles is 1. The maximum Gasteiger partial charge on any atom is 0.0945 e. The third-order valence-electron chi connectivity index (χ3n) is 2.29. The number of aryl methyl sites for hydroxylation is 1. The highest BCUT2D eigenvalue weighted by atomic mass is 15.0. The minimum Gasteiger partial charge on any atom is -0.337 e. The standard InChI is InChI=1S/C11H18N4/c1-11(4-5-12)14-6-2-3-8-15-9-7-13-10-15/h7,9-11,14H,2-4,6,8H2,1H3. The van der Waals surface area contributed by atoms with Crippen LogP contribution in [-0.4, -0.2) is 22.1 Å². The van der Waals surface area contributed by atoms with E-state index >= 15 is 0 Å². The summed E-state index contributed by atoms with van der Waals surface area (Å²) in [6.07, 6.45) is 8.48. The molecule has 0 aliphatic heterocycles. The average Bonchev–Trinajstić information content (AvgIpc) is 2.70. The highest BCUT2D eigenvalue weighted by Gasteiger charge is 1.98. The molecule has 1 unspecified atom stereocenters. The zero-order chi connectivity index (χ0) is 10.9. The van der Waals surface area contributed by atoms with Crippen molar-refractivity contribution >= 4 is 0 Å². The molecule has 0 saturated carbocycles. The molecule has 0 bridgehead atoms. The van der Waals surface area contributed by atoms with E-state index in [1.807, 2.05) is 19.4 Å². The molecular weight excluding hydrogens is 188 g/mol. The molecule has 0 fully saturated rings. The van der Waals surface area contributed by atoms with Gasteiger partial charge in [0.1, 0.15) is 0 Å². The van der Waals surface area contributed by atoms with Crippen LogP contribution in [0.2, 0.25) is 0 Å². The molecule has 0 aliphatic carbocycles. The van der Waals surface area contributed by atoms with Gasteiger partial charge in [-0.15, -0.1) is 0 Å². The Balaban J connectivity index is 1.96. The van der Waals surface area contributed by atoms with E-state index in [-0.39, 0.29) is 0 Å². The van der Waals surface area contributed by atoms with Crippen LogP contribution in [0, 0.1) is 11.3 Å². The third kappa shape index (κ3) is 5.18. The number of rotatable bonds is 7. The summed E-state index contributed by atoms with van der Waals surface area (Å²) in [4.78, 5) is 3.98. The molecule has 1 heterocycles. The summed E-state index contributed by atoms with van der Waals surface area (Å²) in [5.41, 5.74) is 0. The number of aromatic nitrogens is 2. The summed E-state index contributed by atoms with van der Waals surface area (Å²) in [5.74, 6) is 0. The van der Waals surface area contributed by atoms with Crippen molar-refractivity contribution in [2.24, 2.45) is 0 Å². The van der Waals surface area contributed by atoms with Gasteiger partial charge in [0.15, 0.2) is 0 Å². The highest BCUT2D eigenvalue weighted by Crippen LogP contribution is 1.95. The van der Waals surface area contributed by atoms with Gasteiger partial charge in [-0.1, -0.05) is 0 Å². The minimum absolute atomic E-state index is 0.309. The smallest absolute Gasteiger partial charge is 0.0945 e. The lowest BCUT2D eigenvalue weighted by atomic mass is 10.2. The number of hydrogen-bond acceptors (Lipinski definition) is 3. The number of unbranched alkanes of at least 4 members (excludes halogenated alkanes) is 1. The predicted molar refractivity (Wildman–Crippen MR) is 59.2 cm³/mol. The molecular formula is C11H18N4. The van der Waals surface area contributed by atoms with Crippen LogP contribution in [-0.2, 0) is 6.54 Å². The molecule has 0 aromatic carbocycles. The molecule has 0 amide bonds. The maximum absolute atomic E-state index is 8.46. The van der Waals surface area contributed by atoms with E-state index in [1.54, 1.807) is 6.20 Å². The van der Waals surface area contributed by atoms with Crippen LogP contribution in [0.1, 0.15) is 26.2 Å². The Morgan fingerprint density at radius 1 is 1.53 bits per heavy atom. The van der Waals surface area contributed by atoms with Gasteiger partial charge in [0.25, 0.3) is 0 Å². The van der Waals surface area contributed by atoms with Crippen LogP contribution in [0.5, 0.6) is 0 Å². The Labute approximate surface area is 90.9 Å². The van der Waals surface area contributed by atoms with E-state index < -0.39 is 0 Å². The fourth-order valence-electron chi connectivity index (χ4n) is 1.40. The van der Waals surface area contributed by atoms with Gasteiger partial charge in [-0.3, -0.25) is 0 Å². The van der Waals surface area contributed by atoms with Crippen molar-refractivity contribution in [3.05, 3.63) is 18.7 Å². The third-order valence-corrected chi connectivity index (χ3v) is 2.29.